The van der Waals surface area contributed by atoms with Crippen molar-refractivity contribution in [3.8, 4) is 0 Å². The molecule has 1 saturated heterocycles. The first-order valence-corrected chi connectivity index (χ1v) is 8.95. The summed E-state index contributed by atoms with van der Waals surface area (Å²) >= 11 is 0. The third-order valence-corrected chi connectivity index (χ3v) is 7.02. The van der Waals surface area contributed by atoms with E-state index in [1.807, 2.05) is 6.92 Å². The minimum Gasteiger partial charge on any atom is -0.453 e. The lowest BCUT2D eigenvalue weighted by atomic mass is 9.51. The third-order valence-electron chi connectivity index (χ3n) is 7.02. The van der Waals surface area contributed by atoms with Crippen LogP contribution in [0.1, 0.15) is 40.0 Å². The smallest absolute Gasteiger partial charge is 0.336 e. The van der Waals surface area contributed by atoms with E-state index in [1.165, 1.54) is 0 Å². The summed E-state index contributed by atoms with van der Waals surface area (Å²) in [6.45, 7) is 8.61. The zero-order valence-corrected chi connectivity index (χ0v) is 15.2. The normalized spacial score (nSPS) is 46.0. The standard InChI is InChI=1S/C19H24O7/c1-9(7-20)15(21)24-14-13-11(3)16(22)26-19(13,23)8-18-12(25-18)6-5-10(2)17(14,18)4/h10,12,14,20,23H,1,5-8H2,2-4H3/t10-,12+,14+,17-,18+,19-/m0/s1. The van der Waals surface area contributed by atoms with Gasteiger partial charge in [0.2, 0.25) is 5.79 Å². The molecule has 2 aliphatic heterocycles. The Hall–Kier alpha value is -1.70. The maximum atomic E-state index is 12.4. The average molecular weight is 364 g/mol. The van der Waals surface area contributed by atoms with E-state index >= 15 is 0 Å². The quantitative estimate of drug-likeness (QED) is 0.437. The number of aliphatic hydroxyl groups excluding tert-OH is 1. The number of fused-ring (bicyclic) bond motifs is 1. The fourth-order valence-corrected chi connectivity index (χ4v) is 5.24. The molecule has 7 nitrogen and oxygen atoms in total. The van der Waals surface area contributed by atoms with Crippen LogP contribution in [0.4, 0.5) is 0 Å². The summed E-state index contributed by atoms with van der Waals surface area (Å²) in [5, 5.41) is 20.3. The molecule has 0 aromatic rings. The van der Waals surface area contributed by atoms with Gasteiger partial charge in [-0.1, -0.05) is 20.4 Å². The Bertz CT molecular complexity index is 755. The Morgan fingerprint density at radius 2 is 2.12 bits per heavy atom. The molecule has 142 valence electrons. The van der Waals surface area contributed by atoms with E-state index in [1.54, 1.807) is 6.92 Å². The molecule has 2 N–H and O–H groups in total. The minimum atomic E-state index is -1.84. The molecule has 0 bridgehead atoms. The second kappa shape index (κ2) is 5.18. The van der Waals surface area contributed by atoms with Gasteiger partial charge >= 0.3 is 11.9 Å². The van der Waals surface area contributed by atoms with Gasteiger partial charge in [-0.2, -0.15) is 0 Å². The van der Waals surface area contributed by atoms with Crippen molar-refractivity contribution >= 4 is 11.9 Å². The highest BCUT2D eigenvalue weighted by molar-refractivity contribution is 5.93. The molecule has 0 unspecified atom stereocenters. The van der Waals surface area contributed by atoms with Crippen molar-refractivity contribution in [1.29, 1.82) is 0 Å². The van der Waals surface area contributed by atoms with Gasteiger partial charge in [0.1, 0.15) is 11.7 Å². The van der Waals surface area contributed by atoms with Crippen LogP contribution in [0.5, 0.6) is 0 Å². The van der Waals surface area contributed by atoms with Gasteiger partial charge in [0.15, 0.2) is 0 Å². The fourth-order valence-electron chi connectivity index (χ4n) is 5.24. The second-order valence-electron chi connectivity index (χ2n) is 8.19. The molecule has 4 rings (SSSR count). The number of aliphatic hydroxyl groups is 2. The van der Waals surface area contributed by atoms with Gasteiger partial charge < -0.3 is 24.4 Å². The van der Waals surface area contributed by atoms with Gasteiger partial charge in [0, 0.05) is 17.4 Å². The van der Waals surface area contributed by atoms with Crippen LogP contribution >= 0.6 is 0 Å². The number of hydrogen-bond acceptors (Lipinski definition) is 7. The number of rotatable bonds is 3. The monoisotopic (exact) mass is 364 g/mol. The van der Waals surface area contributed by atoms with Gasteiger partial charge in [-0.25, -0.2) is 9.59 Å². The number of hydrogen-bond donors (Lipinski definition) is 2. The Kier molecular flexibility index (Phi) is 3.53. The van der Waals surface area contributed by atoms with Crippen molar-refractivity contribution in [2.24, 2.45) is 11.3 Å². The maximum Gasteiger partial charge on any atom is 0.336 e. The van der Waals surface area contributed by atoms with Crippen molar-refractivity contribution in [2.75, 3.05) is 6.61 Å². The van der Waals surface area contributed by atoms with Crippen LogP contribution in [-0.2, 0) is 23.8 Å². The first-order chi connectivity index (χ1) is 12.1. The molecule has 2 saturated carbocycles. The zero-order chi connectivity index (χ0) is 19.1. The molecule has 26 heavy (non-hydrogen) atoms. The number of epoxide rings is 1. The van der Waals surface area contributed by atoms with E-state index < -0.39 is 41.5 Å². The Morgan fingerprint density at radius 3 is 2.77 bits per heavy atom. The summed E-state index contributed by atoms with van der Waals surface area (Å²) < 4.78 is 17.1. The molecule has 0 radical (unpaired) electrons. The van der Waals surface area contributed by atoms with Gasteiger partial charge in [-0.05, 0) is 25.7 Å². The zero-order valence-electron chi connectivity index (χ0n) is 15.2. The van der Waals surface area contributed by atoms with Gasteiger partial charge in [-0.3, -0.25) is 0 Å². The number of carbonyl (C=O) groups is 2. The average Bonchev–Trinajstić information content (AvgIpc) is 3.24. The van der Waals surface area contributed by atoms with Crippen molar-refractivity contribution in [3.05, 3.63) is 23.3 Å². The summed E-state index contributed by atoms with van der Waals surface area (Å²) in [6, 6.07) is 0. The van der Waals surface area contributed by atoms with Crippen LogP contribution in [0.25, 0.3) is 0 Å². The highest BCUT2D eigenvalue weighted by Crippen LogP contribution is 2.70. The Labute approximate surface area is 151 Å². The molecular weight excluding hydrogens is 340 g/mol. The molecule has 0 aromatic heterocycles. The molecule has 6 atom stereocenters. The van der Waals surface area contributed by atoms with E-state index in [-0.39, 0.29) is 35.2 Å². The molecule has 2 aliphatic carbocycles. The van der Waals surface area contributed by atoms with Crippen molar-refractivity contribution in [3.63, 3.8) is 0 Å². The molecule has 4 aliphatic rings. The minimum absolute atomic E-state index is 0.0591. The van der Waals surface area contributed by atoms with Crippen LogP contribution in [0, 0.1) is 11.3 Å². The Morgan fingerprint density at radius 1 is 1.42 bits per heavy atom. The lowest BCUT2D eigenvalue weighted by Crippen LogP contribution is -2.64. The van der Waals surface area contributed by atoms with E-state index in [9.17, 15) is 19.8 Å². The highest BCUT2D eigenvalue weighted by Gasteiger charge is 2.80. The largest absolute Gasteiger partial charge is 0.453 e. The molecule has 7 heteroatoms. The number of ether oxygens (including phenoxy) is 3. The SMILES string of the molecule is C=C(CO)C(=O)O[C@@H]1C2=C(C)C(=O)O[C@@]2(O)C[C@@]23O[C@@H]2CC[C@H](C)[C@@]13C. The molecule has 0 aromatic carbocycles. The summed E-state index contributed by atoms with van der Waals surface area (Å²) in [4.78, 5) is 24.6. The van der Waals surface area contributed by atoms with Crippen molar-refractivity contribution < 1.29 is 34.0 Å². The van der Waals surface area contributed by atoms with Crippen molar-refractivity contribution in [2.45, 2.75) is 63.6 Å². The van der Waals surface area contributed by atoms with Crippen LogP contribution in [0.15, 0.2) is 23.3 Å². The fraction of sp³-hybridized carbons (Fsp3) is 0.684. The first-order valence-electron chi connectivity index (χ1n) is 8.95. The molecule has 2 heterocycles. The van der Waals surface area contributed by atoms with E-state index in [0.717, 1.165) is 12.8 Å². The first kappa shape index (κ1) is 17.7. The van der Waals surface area contributed by atoms with Gasteiger partial charge in [-0.15, -0.1) is 0 Å². The number of carbonyl (C=O) groups excluding carboxylic acids is 2. The summed E-state index contributed by atoms with van der Waals surface area (Å²) in [7, 11) is 0. The van der Waals surface area contributed by atoms with Crippen LogP contribution in [0.3, 0.4) is 0 Å². The van der Waals surface area contributed by atoms with E-state index in [0.29, 0.717) is 0 Å². The van der Waals surface area contributed by atoms with E-state index in [2.05, 4.69) is 13.5 Å². The topological polar surface area (TPSA) is 106 Å². The van der Waals surface area contributed by atoms with Crippen molar-refractivity contribution in [1.82, 2.24) is 0 Å². The third kappa shape index (κ3) is 1.94. The number of esters is 2. The predicted molar refractivity (Wildman–Crippen MR) is 88.6 cm³/mol. The van der Waals surface area contributed by atoms with Crippen LogP contribution < -0.4 is 0 Å². The summed E-state index contributed by atoms with van der Waals surface area (Å²) in [6.07, 6.45) is 0.916. The predicted octanol–water partition coefficient (Wildman–Crippen LogP) is 0.986. The highest BCUT2D eigenvalue weighted by atomic mass is 16.7. The molecular formula is C19H24O7. The maximum absolute atomic E-state index is 12.4. The molecule has 0 amide bonds. The van der Waals surface area contributed by atoms with Gasteiger partial charge in [0.25, 0.3) is 0 Å². The van der Waals surface area contributed by atoms with Crippen LogP contribution in [0.2, 0.25) is 0 Å². The Balaban J connectivity index is 1.85. The molecule has 3 fully saturated rings. The summed E-state index contributed by atoms with van der Waals surface area (Å²) in [5.74, 6) is -3.08. The molecule has 1 spiro atoms. The van der Waals surface area contributed by atoms with Gasteiger partial charge in [0.05, 0.1) is 23.9 Å². The summed E-state index contributed by atoms with van der Waals surface area (Å²) in [5.41, 5.74) is -0.877. The van der Waals surface area contributed by atoms with Crippen LogP contribution in [-0.4, -0.2) is 52.4 Å². The lowest BCUT2D eigenvalue weighted by molar-refractivity contribution is -0.225. The second-order valence-corrected chi connectivity index (χ2v) is 8.19. The lowest BCUT2D eigenvalue weighted by Gasteiger charge is -2.54. The van der Waals surface area contributed by atoms with E-state index in [4.69, 9.17) is 14.2 Å².